The van der Waals surface area contributed by atoms with Gasteiger partial charge in [0.05, 0.1) is 5.60 Å². The molecule has 0 spiro atoms. The molecule has 6 heteroatoms. The number of carbonyl (C=O) groups is 3. The van der Waals surface area contributed by atoms with Gasteiger partial charge in [0.1, 0.15) is 17.5 Å². The summed E-state index contributed by atoms with van der Waals surface area (Å²) >= 11 is 0. The van der Waals surface area contributed by atoms with Crippen molar-refractivity contribution in [3.63, 3.8) is 0 Å². The van der Waals surface area contributed by atoms with E-state index < -0.39 is 39.8 Å². The van der Waals surface area contributed by atoms with E-state index in [9.17, 15) is 24.6 Å². The summed E-state index contributed by atoms with van der Waals surface area (Å²) in [6.07, 6.45) is 15.5. The first-order chi connectivity index (χ1) is 17.9. The molecule has 7 atom stereocenters. The molecule has 212 valence electrons. The number of aliphatic hydroxyl groups is 2. The Morgan fingerprint density at radius 3 is 2.26 bits per heavy atom. The Labute approximate surface area is 228 Å². The fourth-order valence-corrected chi connectivity index (χ4v) is 8.35. The Hall–Kier alpha value is -1.79. The van der Waals surface area contributed by atoms with Crippen LogP contribution in [0.5, 0.6) is 0 Å². The molecule has 4 rings (SSSR count). The minimum absolute atomic E-state index is 0.113. The molecule has 0 aromatic carbocycles. The molecule has 2 N–H and O–H groups in total. The van der Waals surface area contributed by atoms with Crippen LogP contribution in [0.2, 0.25) is 0 Å². The largest absolute Gasteiger partial charge is 0.458 e. The molecule has 38 heavy (non-hydrogen) atoms. The zero-order valence-corrected chi connectivity index (χ0v) is 24.1. The number of fused-ring (bicyclic) bond motifs is 5. The van der Waals surface area contributed by atoms with E-state index in [1.807, 2.05) is 6.92 Å². The second kappa shape index (κ2) is 10.6. The van der Waals surface area contributed by atoms with E-state index in [-0.39, 0.29) is 24.2 Å². The summed E-state index contributed by atoms with van der Waals surface area (Å²) < 4.78 is 6.28. The van der Waals surface area contributed by atoms with Crippen molar-refractivity contribution in [3.05, 3.63) is 23.3 Å². The predicted octanol–water partition coefficient (Wildman–Crippen LogP) is 5.64. The van der Waals surface area contributed by atoms with Crippen LogP contribution in [0.15, 0.2) is 23.3 Å². The average molecular weight is 529 g/mol. The van der Waals surface area contributed by atoms with E-state index in [1.54, 1.807) is 19.1 Å². The number of hydrogen-bond donors (Lipinski definition) is 2. The minimum atomic E-state index is -1.83. The lowest BCUT2D eigenvalue weighted by atomic mass is 9.60. The van der Waals surface area contributed by atoms with Crippen molar-refractivity contribution in [2.24, 2.45) is 29.1 Å². The fraction of sp³-hybridized carbons (Fsp3) is 0.781. The number of esters is 1. The topological polar surface area (TPSA) is 101 Å². The van der Waals surface area contributed by atoms with Gasteiger partial charge < -0.3 is 14.9 Å². The lowest BCUT2D eigenvalue weighted by molar-refractivity contribution is -0.187. The highest BCUT2D eigenvalue weighted by atomic mass is 16.6. The van der Waals surface area contributed by atoms with Crippen LogP contribution in [-0.4, -0.2) is 45.1 Å². The zero-order valence-electron chi connectivity index (χ0n) is 24.1. The van der Waals surface area contributed by atoms with Gasteiger partial charge in [-0.2, -0.15) is 0 Å². The standard InChI is InChI=1S/C32H48O6/c1-6-7-8-9-10-11-12-13-14-15-26(34)38-31-18-22(3)32(37)24(27(31)29(31,4)5)17-23(20-33)19-30(36)25(32)16-21(2)28(30)35/h16-17,20,22,24-25,27,36-37H,6-15,18-19H2,1-5H3/t22-,24+,25-,27-,30-,31+,32-/m1/s1. The maximum Gasteiger partial charge on any atom is 0.306 e. The van der Waals surface area contributed by atoms with Gasteiger partial charge >= 0.3 is 5.97 Å². The van der Waals surface area contributed by atoms with Gasteiger partial charge in [0, 0.05) is 36.0 Å². The molecule has 6 nitrogen and oxygen atoms in total. The third kappa shape index (κ3) is 4.54. The maximum absolute atomic E-state index is 13.0. The van der Waals surface area contributed by atoms with Gasteiger partial charge in [-0.05, 0) is 36.8 Å². The van der Waals surface area contributed by atoms with Gasteiger partial charge in [0.15, 0.2) is 5.78 Å². The normalized spacial score (nSPS) is 38.8. The van der Waals surface area contributed by atoms with Gasteiger partial charge in [-0.25, -0.2) is 0 Å². The number of hydrogen-bond acceptors (Lipinski definition) is 6. The number of Topliss-reactive ketones (excluding diaryl/α,β-unsaturated/α-hetero) is 1. The molecule has 0 aromatic rings. The first-order valence-electron chi connectivity index (χ1n) is 15.0. The molecular formula is C32H48O6. The second-order valence-electron chi connectivity index (χ2n) is 13.3. The van der Waals surface area contributed by atoms with Crippen LogP contribution in [0.3, 0.4) is 0 Å². The molecule has 4 aliphatic rings. The van der Waals surface area contributed by atoms with Crippen molar-refractivity contribution in [2.75, 3.05) is 0 Å². The van der Waals surface area contributed by atoms with Crippen LogP contribution in [0.1, 0.15) is 112 Å². The van der Waals surface area contributed by atoms with Gasteiger partial charge in [0.25, 0.3) is 0 Å². The van der Waals surface area contributed by atoms with Crippen LogP contribution < -0.4 is 0 Å². The molecule has 0 heterocycles. The van der Waals surface area contributed by atoms with Crippen molar-refractivity contribution in [1.82, 2.24) is 0 Å². The Balaban J connectivity index is 1.46. The third-order valence-electron chi connectivity index (χ3n) is 10.6. The van der Waals surface area contributed by atoms with Gasteiger partial charge in [-0.15, -0.1) is 0 Å². The number of ether oxygens (including phenoxy) is 1. The molecular weight excluding hydrogens is 480 g/mol. The lowest BCUT2D eigenvalue weighted by Gasteiger charge is -2.50. The van der Waals surface area contributed by atoms with E-state index in [2.05, 4.69) is 20.8 Å². The molecule has 0 radical (unpaired) electrons. The summed E-state index contributed by atoms with van der Waals surface area (Å²) in [6, 6.07) is 0. The number of aldehydes is 1. The molecule has 4 aliphatic carbocycles. The van der Waals surface area contributed by atoms with Crippen LogP contribution in [0, 0.1) is 29.1 Å². The number of ketones is 1. The van der Waals surface area contributed by atoms with Gasteiger partial charge in [-0.1, -0.05) is 91.2 Å². The SMILES string of the molecule is CCCCCCCCCCCC(=O)O[C@@]12C[C@@H](C)[C@@]3(O)[C@@H](C=C(C=O)C[C@]4(O)C(=O)C(C)=C[C@@H]34)[C@@H]1C2(C)C. The minimum Gasteiger partial charge on any atom is -0.458 e. The third-order valence-corrected chi connectivity index (χ3v) is 10.6. The van der Waals surface area contributed by atoms with Crippen LogP contribution in [0.25, 0.3) is 0 Å². The number of unbranched alkanes of at least 4 members (excludes halogenated alkanes) is 8. The van der Waals surface area contributed by atoms with E-state index in [0.717, 1.165) is 19.3 Å². The smallest absolute Gasteiger partial charge is 0.306 e. The predicted molar refractivity (Wildman–Crippen MR) is 146 cm³/mol. The summed E-state index contributed by atoms with van der Waals surface area (Å²) in [7, 11) is 0. The number of carbonyl (C=O) groups excluding carboxylic acids is 3. The van der Waals surface area contributed by atoms with Crippen molar-refractivity contribution in [1.29, 1.82) is 0 Å². The Bertz CT molecular complexity index is 1010. The zero-order chi connectivity index (χ0) is 27.9. The monoisotopic (exact) mass is 528 g/mol. The summed E-state index contributed by atoms with van der Waals surface area (Å²) in [6.45, 7) is 9.93. The molecule has 0 aromatic heterocycles. The molecule has 2 fully saturated rings. The van der Waals surface area contributed by atoms with E-state index in [0.29, 0.717) is 30.3 Å². The summed E-state index contributed by atoms with van der Waals surface area (Å²) in [5, 5.41) is 23.9. The van der Waals surface area contributed by atoms with E-state index in [1.165, 1.54) is 38.5 Å². The first-order valence-corrected chi connectivity index (χ1v) is 15.0. The molecule has 0 saturated heterocycles. The van der Waals surface area contributed by atoms with Crippen molar-refractivity contribution >= 4 is 18.0 Å². The highest BCUT2D eigenvalue weighted by Crippen LogP contribution is 2.76. The lowest BCUT2D eigenvalue weighted by Crippen LogP contribution is -2.61. The quantitative estimate of drug-likeness (QED) is 0.193. The Kier molecular flexibility index (Phi) is 8.18. The molecule has 2 saturated carbocycles. The van der Waals surface area contributed by atoms with E-state index in [4.69, 9.17) is 4.74 Å². The van der Waals surface area contributed by atoms with Crippen molar-refractivity contribution in [2.45, 2.75) is 128 Å². The highest BCUT2D eigenvalue weighted by molar-refractivity contribution is 6.05. The second-order valence-corrected chi connectivity index (χ2v) is 13.3. The van der Waals surface area contributed by atoms with Crippen LogP contribution in [0.4, 0.5) is 0 Å². The van der Waals surface area contributed by atoms with Gasteiger partial charge in [0.2, 0.25) is 0 Å². The molecule has 0 bridgehead atoms. The summed E-state index contributed by atoms with van der Waals surface area (Å²) in [4.78, 5) is 38.1. The Morgan fingerprint density at radius 1 is 1.05 bits per heavy atom. The summed E-state index contributed by atoms with van der Waals surface area (Å²) in [5.41, 5.74) is -3.66. The first kappa shape index (κ1) is 29.2. The average Bonchev–Trinajstić information content (AvgIpc) is 3.26. The van der Waals surface area contributed by atoms with Crippen LogP contribution >= 0.6 is 0 Å². The molecule has 0 unspecified atom stereocenters. The van der Waals surface area contributed by atoms with Crippen molar-refractivity contribution in [3.8, 4) is 0 Å². The summed E-state index contributed by atoms with van der Waals surface area (Å²) in [5.74, 6) is -2.52. The Morgan fingerprint density at radius 2 is 1.66 bits per heavy atom. The molecule has 0 aliphatic heterocycles. The van der Waals surface area contributed by atoms with E-state index >= 15 is 0 Å². The molecule has 0 amide bonds. The fourth-order valence-electron chi connectivity index (χ4n) is 8.35. The maximum atomic E-state index is 13.0. The highest BCUT2D eigenvalue weighted by Gasteiger charge is 2.83. The van der Waals surface area contributed by atoms with Gasteiger partial charge in [-0.3, -0.25) is 14.4 Å². The van der Waals surface area contributed by atoms with Crippen molar-refractivity contribution < 1.29 is 29.3 Å². The van der Waals surface area contributed by atoms with Crippen LogP contribution in [-0.2, 0) is 19.1 Å². The number of rotatable bonds is 12.